The van der Waals surface area contributed by atoms with Gasteiger partial charge < -0.3 is 9.84 Å². The van der Waals surface area contributed by atoms with Gasteiger partial charge in [-0.3, -0.25) is 4.79 Å². The second-order valence-corrected chi connectivity index (χ2v) is 3.86. The van der Waals surface area contributed by atoms with Gasteiger partial charge in [0.15, 0.2) is 5.78 Å². The molecular formula is C13H18O3. The molecule has 0 amide bonds. The van der Waals surface area contributed by atoms with Crippen LogP contribution < -0.4 is 0 Å². The lowest BCUT2D eigenvalue weighted by Crippen LogP contribution is -2.34. The molecule has 3 heteroatoms. The molecule has 1 aromatic carbocycles. The highest BCUT2D eigenvalue weighted by atomic mass is 16.5. The number of aryl methyl sites for hydroxylation is 1. The van der Waals surface area contributed by atoms with E-state index in [-0.39, 0.29) is 5.78 Å². The first-order valence-corrected chi connectivity index (χ1v) is 5.40. The Bertz CT molecular complexity index is 321. The lowest BCUT2D eigenvalue weighted by molar-refractivity contribution is -0.133. The summed E-state index contributed by atoms with van der Waals surface area (Å²) in [7, 11) is 1.44. The van der Waals surface area contributed by atoms with Crippen LogP contribution in [0.1, 0.15) is 18.9 Å². The van der Waals surface area contributed by atoms with E-state index in [4.69, 9.17) is 4.74 Å². The summed E-state index contributed by atoms with van der Waals surface area (Å²) in [5.41, 5.74) is 1.15. The Labute approximate surface area is 96.1 Å². The van der Waals surface area contributed by atoms with E-state index in [0.29, 0.717) is 6.42 Å². The van der Waals surface area contributed by atoms with Crippen molar-refractivity contribution in [2.75, 3.05) is 7.11 Å². The SMILES string of the molecule is CO[C@H](C(C)=O)[C@@H](O)CCc1ccccc1. The van der Waals surface area contributed by atoms with Gasteiger partial charge in [-0.1, -0.05) is 30.3 Å². The second-order valence-electron chi connectivity index (χ2n) is 3.86. The summed E-state index contributed by atoms with van der Waals surface area (Å²) in [5.74, 6) is -0.136. The van der Waals surface area contributed by atoms with Crippen LogP contribution in [0.4, 0.5) is 0 Å². The molecule has 0 radical (unpaired) electrons. The molecule has 0 aliphatic heterocycles. The fraction of sp³-hybridized carbons (Fsp3) is 0.462. The lowest BCUT2D eigenvalue weighted by Gasteiger charge is -2.18. The van der Waals surface area contributed by atoms with E-state index < -0.39 is 12.2 Å². The van der Waals surface area contributed by atoms with Crippen LogP contribution in [-0.2, 0) is 16.0 Å². The summed E-state index contributed by atoms with van der Waals surface area (Å²) in [5, 5.41) is 9.79. The Morgan fingerprint density at radius 1 is 1.38 bits per heavy atom. The van der Waals surface area contributed by atoms with E-state index in [0.717, 1.165) is 12.0 Å². The zero-order valence-electron chi connectivity index (χ0n) is 9.72. The Morgan fingerprint density at radius 2 is 2.00 bits per heavy atom. The highest BCUT2D eigenvalue weighted by Crippen LogP contribution is 2.09. The second kappa shape index (κ2) is 6.40. The van der Waals surface area contributed by atoms with E-state index in [1.807, 2.05) is 30.3 Å². The average molecular weight is 222 g/mol. The minimum Gasteiger partial charge on any atom is -0.390 e. The molecule has 1 rings (SSSR count). The van der Waals surface area contributed by atoms with Crippen LogP contribution in [0.2, 0.25) is 0 Å². The van der Waals surface area contributed by atoms with Gasteiger partial charge in [0.25, 0.3) is 0 Å². The van der Waals surface area contributed by atoms with Gasteiger partial charge in [0, 0.05) is 7.11 Å². The van der Waals surface area contributed by atoms with Crippen LogP contribution in [0.3, 0.4) is 0 Å². The molecular weight excluding hydrogens is 204 g/mol. The molecule has 1 aromatic rings. The highest BCUT2D eigenvalue weighted by molar-refractivity contribution is 5.81. The maximum absolute atomic E-state index is 11.1. The zero-order chi connectivity index (χ0) is 12.0. The standard InChI is InChI=1S/C13H18O3/c1-10(14)13(16-2)12(15)9-8-11-6-4-3-5-7-11/h3-7,12-13,15H,8-9H2,1-2H3/t12-,13+/m0/s1. The van der Waals surface area contributed by atoms with Crippen molar-refractivity contribution in [3.63, 3.8) is 0 Å². The zero-order valence-corrected chi connectivity index (χ0v) is 9.72. The molecule has 0 aromatic heterocycles. The van der Waals surface area contributed by atoms with Crippen molar-refractivity contribution in [2.24, 2.45) is 0 Å². The first-order chi connectivity index (χ1) is 7.65. The number of benzene rings is 1. The van der Waals surface area contributed by atoms with Gasteiger partial charge >= 0.3 is 0 Å². The van der Waals surface area contributed by atoms with Crippen LogP contribution in [0.25, 0.3) is 0 Å². The molecule has 0 spiro atoms. The average Bonchev–Trinajstić information content (AvgIpc) is 2.28. The van der Waals surface area contributed by atoms with Crippen molar-refractivity contribution >= 4 is 5.78 Å². The minimum absolute atomic E-state index is 0.136. The monoisotopic (exact) mass is 222 g/mol. The van der Waals surface area contributed by atoms with E-state index in [2.05, 4.69) is 0 Å². The Balaban J connectivity index is 2.46. The number of aliphatic hydroxyl groups excluding tert-OH is 1. The summed E-state index contributed by atoms with van der Waals surface area (Å²) in [6, 6.07) is 9.87. The fourth-order valence-electron chi connectivity index (χ4n) is 1.70. The molecule has 1 N–H and O–H groups in total. The van der Waals surface area contributed by atoms with Gasteiger partial charge in [0.05, 0.1) is 6.10 Å². The fourth-order valence-corrected chi connectivity index (χ4v) is 1.70. The van der Waals surface area contributed by atoms with Gasteiger partial charge in [-0.25, -0.2) is 0 Å². The number of carbonyl (C=O) groups excluding carboxylic acids is 1. The number of aliphatic hydroxyl groups is 1. The number of ketones is 1. The smallest absolute Gasteiger partial charge is 0.161 e. The predicted molar refractivity (Wildman–Crippen MR) is 62.2 cm³/mol. The minimum atomic E-state index is -0.734. The van der Waals surface area contributed by atoms with Crippen LogP contribution in [-0.4, -0.2) is 30.2 Å². The molecule has 0 fully saturated rings. The number of methoxy groups -OCH3 is 1. The van der Waals surface area contributed by atoms with Crippen LogP contribution in [0.15, 0.2) is 30.3 Å². The third kappa shape index (κ3) is 3.76. The topological polar surface area (TPSA) is 46.5 Å². The quantitative estimate of drug-likeness (QED) is 0.795. The molecule has 88 valence electrons. The Hall–Kier alpha value is -1.19. The van der Waals surface area contributed by atoms with E-state index >= 15 is 0 Å². The number of ether oxygens (including phenoxy) is 1. The van der Waals surface area contributed by atoms with Crippen LogP contribution in [0, 0.1) is 0 Å². The molecule has 0 heterocycles. The summed E-state index contributed by atoms with van der Waals surface area (Å²) >= 11 is 0. The van der Waals surface area contributed by atoms with Gasteiger partial charge in [-0.2, -0.15) is 0 Å². The van der Waals surface area contributed by atoms with Crippen molar-refractivity contribution in [3.8, 4) is 0 Å². The molecule has 0 aliphatic carbocycles. The summed E-state index contributed by atoms with van der Waals surface area (Å²) in [4.78, 5) is 11.1. The van der Waals surface area contributed by atoms with Crippen molar-refractivity contribution < 1.29 is 14.6 Å². The van der Waals surface area contributed by atoms with Gasteiger partial charge in [-0.05, 0) is 25.3 Å². The third-order valence-electron chi connectivity index (χ3n) is 2.58. The number of carbonyl (C=O) groups is 1. The first-order valence-electron chi connectivity index (χ1n) is 5.40. The normalized spacial score (nSPS) is 14.4. The molecule has 16 heavy (non-hydrogen) atoms. The van der Waals surface area contributed by atoms with Crippen molar-refractivity contribution in [1.29, 1.82) is 0 Å². The molecule has 0 saturated heterocycles. The van der Waals surface area contributed by atoms with Gasteiger partial charge in [0.2, 0.25) is 0 Å². The lowest BCUT2D eigenvalue weighted by atomic mass is 10.0. The molecule has 0 unspecified atom stereocenters. The number of hydrogen-bond acceptors (Lipinski definition) is 3. The van der Waals surface area contributed by atoms with E-state index in [1.165, 1.54) is 14.0 Å². The molecule has 0 saturated carbocycles. The van der Waals surface area contributed by atoms with Crippen LogP contribution >= 0.6 is 0 Å². The van der Waals surface area contributed by atoms with Crippen molar-refractivity contribution in [3.05, 3.63) is 35.9 Å². The highest BCUT2D eigenvalue weighted by Gasteiger charge is 2.22. The molecule has 2 atom stereocenters. The predicted octanol–water partition coefficient (Wildman–Crippen LogP) is 1.58. The van der Waals surface area contributed by atoms with Gasteiger partial charge in [0.1, 0.15) is 6.10 Å². The number of hydrogen-bond donors (Lipinski definition) is 1. The van der Waals surface area contributed by atoms with Gasteiger partial charge in [-0.15, -0.1) is 0 Å². The van der Waals surface area contributed by atoms with E-state index in [1.54, 1.807) is 0 Å². The Kier molecular flexibility index (Phi) is 5.15. The largest absolute Gasteiger partial charge is 0.390 e. The molecule has 0 bridgehead atoms. The summed E-state index contributed by atoms with van der Waals surface area (Å²) in [6.45, 7) is 1.43. The Morgan fingerprint density at radius 3 is 2.50 bits per heavy atom. The summed E-state index contributed by atoms with van der Waals surface area (Å²) in [6.07, 6.45) is -0.163. The number of Topliss-reactive ketones (excluding diaryl/α,β-unsaturated/α-hetero) is 1. The third-order valence-corrected chi connectivity index (χ3v) is 2.58. The van der Waals surface area contributed by atoms with Crippen molar-refractivity contribution in [2.45, 2.75) is 32.0 Å². The number of rotatable bonds is 6. The van der Waals surface area contributed by atoms with Crippen molar-refractivity contribution in [1.82, 2.24) is 0 Å². The maximum atomic E-state index is 11.1. The first kappa shape index (κ1) is 12.9. The molecule has 3 nitrogen and oxygen atoms in total. The summed E-state index contributed by atoms with van der Waals surface area (Å²) < 4.78 is 4.96. The molecule has 0 aliphatic rings. The maximum Gasteiger partial charge on any atom is 0.161 e. The van der Waals surface area contributed by atoms with Crippen LogP contribution in [0.5, 0.6) is 0 Å². The van der Waals surface area contributed by atoms with E-state index in [9.17, 15) is 9.90 Å².